The van der Waals surface area contributed by atoms with Gasteiger partial charge in [-0.2, -0.15) is 0 Å². The van der Waals surface area contributed by atoms with Gasteiger partial charge in [0.2, 0.25) is 11.8 Å². The molecule has 0 spiro atoms. The van der Waals surface area contributed by atoms with Crippen LogP contribution in [-0.4, -0.2) is 57.3 Å². The first-order valence-electron chi connectivity index (χ1n) is 10.3. The first-order valence-corrected chi connectivity index (χ1v) is 10.3. The van der Waals surface area contributed by atoms with Crippen LogP contribution in [0.2, 0.25) is 0 Å². The normalized spacial score (nSPS) is 21.7. The molecule has 0 aliphatic carbocycles. The van der Waals surface area contributed by atoms with E-state index in [-0.39, 0.29) is 18.4 Å². The number of unbranched alkanes of at least 4 members (excludes halogenated alkanes) is 1. The number of nitrogens with zero attached hydrogens (tertiary/aromatic N) is 4. The topological polar surface area (TPSA) is 58.4 Å². The van der Waals surface area contributed by atoms with Crippen LogP contribution in [0.3, 0.4) is 0 Å². The molecule has 0 unspecified atom stereocenters. The maximum absolute atomic E-state index is 12.8. The molecule has 3 heterocycles. The molecule has 3 rings (SSSR count). The summed E-state index contributed by atoms with van der Waals surface area (Å²) in [6, 6.07) is 0. The van der Waals surface area contributed by atoms with E-state index in [1.54, 1.807) is 4.90 Å². The Morgan fingerprint density at radius 2 is 2.12 bits per heavy atom. The van der Waals surface area contributed by atoms with Gasteiger partial charge >= 0.3 is 0 Å². The fourth-order valence-corrected chi connectivity index (χ4v) is 4.08. The van der Waals surface area contributed by atoms with Gasteiger partial charge in [0.15, 0.2) is 0 Å². The predicted octanol–water partition coefficient (Wildman–Crippen LogP) is 2.79. The van der Waals surface area contributed by atoms with E-state index in [2.05, 4.69) is 22.7 Å². The standard InChI is InChI=1S/C20H32N4O2/c1-2-3-11-22-14-10-21-20(22)17-8-7-13-23(15-17)19(26)16-24-12-6-4-5-9-18(24)25/h10,14,17H,2-9,11-13,15-16H2,1H3/t17-/m1/s1. The fraction of sp³-hybridized carbons (Fsp3) is 0.750. The average molecular weight is 361 g/mol. The Bertz CT molecular complexity index is 613. The van der Waals surface area contributed by atoms with Crippen LogP contribution in [0.15, 0.2) is 12.4 Å². The van der Waals surface area contributed by atoms with E-state index in [4.69, 9.17) is 0 Å². The molecular weight excluding hydrogens is 328 g/mol. The largest absolute Gasteiger partial charge is 0.340 e. The number of amides is 2. The molecule has 144 valence electrons. The highest BCUT2D eigenvalue weighted by Crippen LogP contribution is 2.26. The molecule has 1 aromatic rings. The summed E-state index contributed by atoms with van der Waals surface area (Å²) in [5.41, 5.74) is 0. The van der Waals surface area contributed by atoms with Crippen molar-refractivity contribution in [2.24, 2.45) is 0 Å². The zero-order valence-corrected chi connectivity index (χ0v) is 16.0. The summed E-state index contributed by atoms with van der Waals surface area (Å²) < 4.78 is 2.25. The van der Waals surface area contributed by atoms with Crippen LogP contribution < -0.4 is 0 Å². The summed E-state index contributed by atoms with van der Waals surface area (Å²) in [7, 11) is 0. The van der Waals surface area contributed by atoms with Crippen LogP contribution >= 0.6 is 0 Å². The lowest BCUT2D eigenvalue weighted by atomic mass is 9.97. The third kappa shape index (κ3) is 4.65. The number of aromatic nitrogens is 2. The monoisotopic (exact) mass is 360 g/mol. The molecule has 2 amide bonds. The third-order valence-electron chi connectivity index (χ3n) is 5.64. The molecule has 6 nitrogen and oxygen atoms in total. The number of hydrogen-bond donors (Lipinski definition) is 0. The van der Waals surface area contributed by atoms with Crippen molar-refractivity contribution >= 4 is 11.8 Å². The molecule has 2 fully saturated rings. The second-order valence-corrected chi connectivity index (χ2v) is 7.64. The van der Waals surface area contributed by atoms with Gasteiger partial charge in [0.25, 0.3) is 0 Å². The summed E-state index contributed by atoms with van der Waals surface area (Å²) in [6.45, 7) is 5.69. The van der Waals surface area contributed by atoms with Crippen molar-refractivity contribution in [1.29, 1.82) is 0 Å². The Balaban J connectivity index is 1.60. The van der Waals surface area contributed by atoms with Gasteiger partial charge in [0.1, 0.15) is 5.82 Å². The third-order valence-corrected chi connectivity index (χ3v) is 5.64. The van der Waals surface area contributed by atoms with Crippen molar-refractivity contribution in [3.63, 3.8) is 0 Å². The van der Waals surface area contributed by atoms with Crippen LogP contribution in [0, 0.1) is 0 Å². The van der Waals surface area contributed by atoms with Gasteiger partial charge in [-0.05, 0) is 32.1 Å². The average Bonchev–Trinajstić information content (AvgIpc) is 3.04. The Labute approximate surface area is 156 Å². The second kappa shape index (κ2) is 9.19. The van der Waals surface area contributed by atoms with Gasteiger partial charge in [-0.3, -0.25) is 9.59 Å². The Morgan fingerprint density at radius 3 is 2.96 bits per heavy atom. The van der Waals surface area contributed by atoms with Crippen molar-refractivity contribution < 1.29 is 9.59 Å². The number of likely N-dealkylation sites (tertiary alicyclic amines) is 2. The van der Waals surface area contributed by atoms with Gasteiger partial charge in [-0.15, -0.1) is 0 Å². The molecular formula is C20H32N4O2. The van der Waals surface area contributed by atoms with E-state index >= 15 is 0 Å². The maximum atomic E-state index is 12.8. The molecule has 6 heteroatoms. The van der Waals surface area contributed by atoms with Crippen LogP contribution in [0.5, 0.6) is 0 Å². The Hall–Kier alpha value is -1.85. The van der Waals surface area contributed by atoms with Crippen LogP contribution in [0.4, 0.5) is 0 Å². The number of rotatable bonds is 6. The molecule has 0 saturated carbocycles. The fourth-order valence-electron chi connectivity index (χ4n) is 4.08. The van der Waals surface area contributed by atoms with E-state index in [9.17, 15) is 9.59 Å². The maximum Gasteiger partial charge on any atom is 0.242 e. The minimum Gasteiger partial charge on any atom is -0.340 e. The number of carbonyl (C=O) groups excluding carboxylic acids is 2. The Morgan fingerprint density at radius 1 is 1.23 bits per heavy atom. The number of imidazole rings is 1. The van der Waals surface area contributed by atoms with Crippen molar-refractivity contribution in [1.82, 2.24) is 19.4 Å². The highest BCUT2D eigenvalue weighted by atomic mass is 16.2. The molecule has 2 aliphatic rings. The molecule has 1 atom stereocenters. The van der Waals surface area contributed by atoms with Crippen LogP contribution in [0.1, 0.15) is 70.0 Å². The van der Waals surface area contributed by atoms with Crippen molar-refractivity contribution in [2.75, 3.05) is 26.2 Å². The zero-order chi connectivity index (χ0) is 18.4. The molecule has 2 aliphatic heterocycles. The molecule has 0 N–H and O–H groups in total. The SMILES string of the molecule is CCCCn1ccnc1[C@@H]1CCCN(C(=O)CN2CCCCCC2=O)C1. The second-order valence-electron chi connectivity index (χ2n) is 7.64. The van der Waals surface area contributed by atoms with E-state index < -0.39 is 0 Å². The quantitative estimate of drug-likeness (QED) is 0.784. The summed E-state index contributed by atoms with van der Waals surface area (Å²) >= 11 is 0. The van der Waals surface area contributed by atoms with Crippen molar-refractivity contribution in [2.45, 2.75) is 70.8 Å². The van der Waals surface area contributed by atoms with Gasteiger partial charge in [0.05, 0.1) is 6.54 Å². The first-order chi connectivity index (χ1) is 12.7. The smallest absolute Gasteiger partial charge is 0.242 e. The van der Waals surface area contributed by atoms with E-state index in [1.807, 2.05) is 11.1 Å². The lowest BCUT2D eigenvalue weighted by Gasteiger charge is -2.34. The summed E-state index contributed by atoms with van der Waals surface area (Å²) in [5.74, 6) is 1.65. The van der Waals surface area contributed by atoms with Gasteiger partial charge in [-0.1, -0.05) is 19.8 Å². The predicted molar refractivity (Wildman–Crippen MR) is 101 cm³/mol. The minimum atomic E-state index is 0.0941. The van der Waals surface area contributed by atoms with Gasteiger partial charge in [0, 0.05) is 50.9 Å². The van der Waals surface area contributed by atoms with E-state index in [0.717, 1.165) is 76.9 Å². The molecule has 26 heavy (non-hydrogen) atoms. The van der Waals surface area contributed by atoms with E-state index in [0.29, 0.717) is 12.3 Å². The molecule has 2 saturated heterocycles. The number of carbonyl (C=O) groups is 2. The summed E-state index contributed by atoms with van der Waals surface area (Å²) in [5, 5.41) is 0. The molecule has 0 bridgehead atoms. The van der Waals surface area contributed by atoms with Crippen molar-refractivity contribution in [3.05, 3.63) is 18.2 Å². The summed E-state index contributed by atoms with van der Waals surface area (Å²) in [6.07, 6.45) is 12.0. The number of aryl methyl sites for hydroxylation is 1. The van der Waals surface area contributed by atoms with Gasteiger partial charge in [-0.25, -0.2) is 4.98 Å². The van der Waals surface area contributed by atoms with Crippen LogP contribution in [-0.2, 0) is 16.1 Å². The lowest BCUT2D eigenvalue weighted by Crippen LogP contribution is -2.46. The highest BCUT2D eigenvalue weighted by Gasteiger charge is 2.29. The minimum absolute atomic E-state index is 0.0941. The van der Waals surface area contributed by atoms with Crippen LogP contribution in [0.25, 0.3) is 0 Å². The molecule has 0 aromatic carbocycles. The van der Waals surface area contributed by atoms with E-state index in [1.165, 1.54) is 0 Å². The highest BCUT2D eigenvalue weighted by molar-refractivity contribution is 5.85. The molecule has 1 aromatic heterocycles. The first kappa shape index (κ1) is 18.9. The number of hydrogen-bond acceptors (Lipinski definition) is 3. The number of piperidine rings is 1. The van der Waals surface area contributed by atoms with Gasteiger partial charge < -0.3 is 14.4 Å². The zero-order valence-electron chi connectivity index (χ0n) is 16.0. The summed E-state index contributed by atoms with van der Waals surface area (Å²) in [4.78, 5) is 33.3. The lowest BCUT2D eigenvalue weighted by molar-refractivity contribution is -0.140. The Kier molecular flexibility index (Phi) is 6.69. The molecule has 0 radical (unpaired) electrons. The van der Waals surface area contributed by atoms with Crippen molar-refractivity contribution in [3.8, 4) is 0 Å².